The summed E-state index contributed by atoms with van der Waals surface area (Å²) < 4.78 is 16.2. The minimum atomic E-state index is -0.440. The van der Waals surface area contributed by atoms with E-state index in [2.05, 4.69) is 10.5 Å². The molecule has 0 bridgehead atoms. The molecule has 0 atom stereocenters. The van der Waals surface area contributed by atoms with Crippen LogP contribution in [0.2, 0.25) is 0 Å². The Morgan fingerprint density at radius 2 is 1.94 bits per heavy atom. The van der Waals surface area contributed by atoms with Gasteiger partial charge in [0.05, 0.1) is 18.2 Å². The van der Waals surface area contributed by atoms with Crippen LogP contribution in [0, 0.1) is 20.8 Å². The molecule has 1 aliphatic carbocycles. The molecular formula is C24H26N2O5S. The van der Waals surface area contributed by atoms with Gasteiger partial charge in [-0.05, 0) is 75.3 Å². The van der Waals surface area contributed by atoms with Crippen LogP contribution >= 0.6 is 11.3 Å². The van der Waals surface area contributed by atoms with E-state index in [0.29, 0.717) is 27.6 Å². The summed E-state index contributed by atoms with van der Waals surface area (Å²) in [6.07, 6.45) is 3.80. The number of benzene rings is 1. The molecule has 4 rings (SSSR count). The van der Waals surface area contributed by atoms with Crippen molar-refractivity contribution >= 4 is 28.2 Å². The zero-order valence-electron chi connectivity index (χ0n) is 18.7. The fourth-order valence-electron chi connectivity index (χ4n) is 3.83. The number of ether oxygens (including phenoxy) is 2. The molecule has 1 amide bonds. The van der Waals surface area contributed by atoms with Crippen LogP contribution in [0.1, 0.15) is 66.6 Å². The van der Waals surface area contributed by atoms with E-state index in [1.807, 2.05) is 32.0 Å². The van der Waals surface area contributed by atoms with Crippen LogP contribution in [0.5, 0.6) is 5.75 Å². The zero-order chi connectivity index (χ0) is 22.8. The van der Waals surface area contributed by atoms with Gasteiger partial charge < -0.3 is 19.3 Å². The fraction of sp³-hybridized carbons (Fsp3) is 0.375. The van der Waals surface area contributed by atoms with Crippen LogP contribution in [0.25, 0.3) is 0 Å². The van der Waals surface area contributed by atoms with Crippen molar-refractivity contribution in [3.8, 4) is 5.75 Å². The van der Waals surface area contributed by atoms with Gasteiger partial charge in [0.25, 0.3) is 5.91 Å². The Labute approximate surface area is 190 Å². The van der Waals surface area contributed by atoms with E-state index < -0.39 is 11.9 Å². The van der Waals surface area contributed by atoms with Gasteiger partial charge in [-0.3, -0.25) is 4.79 Å². The van der Waals surface area contributed by atoms with Crippen LogP contribution in [0.3, 0.4) is 0 Å². The maximum atomic E-state index is 13.1. The molecular weight excluding hydrogens is 428 g/mol. The second-order valence-corrected chi connectivity index (χ2v) is 9.07. The summed E-state index contributed by atoms with van der Waals surface area (Å²) in [7, 11) is 1.35. The highest BCUT2D eigenvalue weighted by Crippen LogP contribution is 2.39. The van der Waals surface area contributed by atoms with Gasteiger partial charge in [0.2, 0.25) is 0 Å². The third-order valence-corrected chi connectivity index (χ3v) is 7.06. The topological polar surface area (TPSA) is 90.7 Å². The van der Waals surface area contributed by atoms with E-state index in [9.17, 15) is 9.59 Å². The van der Waals surface area contributed by atoms with Gasteiger partial charge in [-0.1, -0.05) is 11.2 Å². The first-order valence-corrected chi connectivity index (χ1v) is 11.4. The molecule has 0 fully saturated rings. The summed E-state index contributed by atoms with van der Waals surface area (Å²) in [5.74, 6) is 0.343. The number of esters is 1. The number of methoxy groups -OCH3 is 1. The van der Waals surface area contributed by atoms with E-state index in [1.54, 1.807) is 6.92 Å². The van der Waals surface area contributed by atoms with Crippen molar-refractivity contribution < 1.29 is 23.6 Å². The van der Waals surface area contributed by atoms with Crippen LogP contribution in [-0.2, 0) is 24.2 Å². The number of nitrogens with zero attached hydrogens (tertiary/aromatic N) is 1. The average molecular weight is 455 g/mol. The van der Waals surface area contributed by atoms with Crippen molar-refractivity contribution in [1.82, 2.24) is 5.16 Å². The Bertz CT molecular complexity index is 1180. The molecule has 0 saturated heterocycles. The molecule has 1 aromatic carbocycles. The van der Waals surface area contributed by atoms with E-state index in [4.69, 9.17) is 14.0 Å². The third-order valence-electron chi connectivity index (χ3n) is 5.85. The molecule has 0 aliphatic heterocycles. The minimum Gasteiger partial charge on any atom is -0.489 e. The predicted molar refractivity (Wildman–Crippen MR) is 122 cm³/mol. The summed E-state index contributed by atoms with van der Waals surface area (Å²) in [5.41, 5.74) is 4.46. The van der Waals surface area contributed by atoms with Crippen molar-refractivity contribution in [3.05, 3.63) is 62.3 Å². The number of hydrogen-bond acceptors (Lipinski definition) is 7. The molecule has 1 N–H and O–H groups in total. The number of thiophene rings is 1. The lowest BCUT2D eigenvalue weighted by Gasteiger charge is -2.11. The standard InChI is InChI=1S/C24H26N2O5S/c1-13-9-10-16(11-14(13)2)30-12-18-15(3)31-26-21(18)22(27)25-23-20(24(28)29-4)17-7-5-6-8-19(17)32-23/h9-11H,5-8,12H2,1-4H3,(H,25,27). The SMILES string of the molecule is COC(=O)c1c(NC(=O)c2noc(C)c2COc2ccc(C)c(C)c2)sc2c1CCCC2. The second kappa shape index (κ2) is 9.16. The van der Waals surface area contributed by atoms with E-state index >= 15 is 0 Å². The Morgan fingerprint density at radius 1 is 1.16 bits per heavy atom. The number of carbonyl (C=O) groups excluding carboxylic acids is 2. The Hall–Kier alpha value is -3.13. The molecule has 2 heterocycles. The van der Waals surface area contributed by atoms with Gasteiger partial charge in [0, 0.05) is 4.88 Å². The number of nitrogens with one attached hydrogen (secondary N) is 1. The first-order chi connectivity index (χ1) is 15.4. The van der Waals surface area contributed by atoms with E-state index in [0.717, 1.165) is 41.7 Å². The molecule has 168 valence electrons. The predicted octanol–water partition coefficient (Wildman–Crippen LogP) is 5.16. The number of carbonyl (C=O) groups is 2. The summed E-state index contributed by atoms with van der Waals surface area (Å²) in [4.78, 5) is 26.7. The molecule has 32 heavy (non-hydrogen) atoms. The van der Waals surface area contributed by atoms with Gasteiger partial charge in [0.15, 0.2) is 5.69 Å². The van der Waals surface area contributed by atoms with Crippen molar-refractivity contribution in [2.75, 3.05) is 12.4 Å². The second-order valence-electron chi connectivity index (χ2n) is 7.96. The largest absolute Gasteiger partial charge is 0.489 e. The van der Waals surface area contributed by atoms with Crippen LogP contribution < -0.4 is 10.1 Å². The number of hydrogen-bond donors (Lipinski definition) is 1. The van der Waals surface area contributed by atoms with Gasteiger partial charge in [-0.2, -0.15) is 0 Å². The molecule has 1 aliphatic rings. The van der Waals surface area contributed by atoms with Crippen LogP contribution in [-0.4, -0.2) is 24.1 Å². The number of fused-ring (bicyclic) bond motifs is 1. The van der Waals surface area contributed by atoms with E-state index in [1.165, 1.54) is 24.0 Å². The lowest BCUT2D eigenvalue weighted by Crippen LogP contribution is -2.17. The van der Waals surface area contributed by atoms with Crippen LogP contribution in [0.4, 0.5) is 5.00 Å². The third kappa shape index (κ3) is 4.27. The maximum Gasteiger partial charge on any atom is 0.341 e. The Morgan fingerprint density at radius 3 is 2.69 bits per heavy atom. The van der Waals surface area contributed by atoms with Crippen molar-refractivity contribution in [1.29, 1.82) is 0 Å². The first-order valence-electron chi connectivity index (χ1n) is 10.6. The quantitative estimate of drug-likeness (QED) is 0.518. The summed E-state index contributed by atoms with van der Waals surface area (Å²) in [5, 5.41) is 7.32. The van der Waals surface area contributed by atoms with Crippen molar-refractivity contribution in [2.45, 2.75) is 53.1 Å². The molecule has 0 saturated carbocycles. The average Bonchev–Trinajstić information content (AvgIpc) is 3.33. The number of anilines is 1. The van der Waals surface area contributed by atoms with Gasteiger partial charge in [-0.25, -0.2) is 4.79 Å². The highest BCUT2D eigenvalue weighted by atomic mass is 32.1. The van der Waals surface area contributed by atoms with Crippen LogP contribution in [0.15, 0.2) is 22.7 Å². The smallest absolute Gasteiger partial charge is 0.341 e. The molecule has 0 radical (unpaired) electrons. The summed E-state index contributed by atoms with van der Waals surface area (Å²) in [6, 6.07) is 5.84. The highest BCUT2D eigenvalue weighted by Gasteiger charge is 2.29. The molecule has 2 aromatic heterocycles. The lowest BCUT2D eigenvalue weighted by atomic mass is 9.95. The monoisotopic (exact) mass is 454 g/mol. The molecule has 0 unspecified atom stereocenters. The summed E-state index contributed by atoms with van der Waals surface area (Å²) >= 11 is 1.43. The number of aromatic nitrogens is 1. The first kappa shape index (κ1) is 22.1. The van der Waals surface area contributed by atoms with Crippen molar-refractivity contribution in [3.63, 3.8) is 0 Å². The van der Waals surface area contributed by atoms with E-state index in [-0.39, 0.29) is 12.3 Å². The molecule has 3 aromatic rings. The van der Waals surface area contributed by atoms with Gasteiger partial charge >= 0.3 is 5.97 Å². The van der Waals surface area contributed by atoms with Crippen molar-refractivity contribution in [2.24, 2.45) is 0 Å². The Balaban J connectivity index is 1.57. The number of rotatable bonds is 6. The normalized spacial score (nSPS) is 12.9. The molecule has 0 spiro atoms. The fourth-order valence-corrected chi connectivity index (χ4v) is 5.11. The maximum absolute atomic E-state index is 13.1. The molecule has 8 heteroatoms. The number of amides is 1. The Kier molecular flexibility index (Phi) is 6.32. The zero-order valence-corrected chi connectivity index (χ0v) is 19.5. The molecule has 7 nitrogen and oxygen atoms in total. The highest BCUT2D eigenvalue weighted by molar-refractivity contribution is 7.17. The van der Waals surface area contributed by atoms with Gasteiger partial charge in [-0.15, -0.1) is 11.3 Å². The minimum absolute atomic E-state index is 0.144. The summed E-state index contributed by atoms with van der Waals surface area (Å²) in [6.45, 7) is 5.94. The number of aryl methyl sites for hydroxylation is 4. The lowest BCUT2D eigenvalue weighted by molar-refractivity contribution is 0.0601. The van der Waals surface area contributed by atoms with Gasteiger partial charge in [0.1, 0.15) is 23.1 Å².